The number of rotatable bonds is 4. The molecule has 6 nitrogen and oxygen atoms in total. The largest absolute Gasteiger partial charge is 0.488 e. The first kappa shape index (κ1) is 15.5. The van der Waals surface area contributed by atoms with E-state index in [1.54, 1.807) is 23.1 Å². The van der Waals surface area contributed by atoms with Gasteiger partial charge in [0.2, 0.25) is 0 Å². The Morgan fingerprint density at radius 2 is 2.12 bits per heavy atom. The molecule has 0 aliphatic carbocycles. The Morgan fingerprint density at radius 1 is 1.24 bits per heavy atom. The molecular formula is C19H19N3O3. The smallest absolute Gasteiger partial charge is 0.321 e. The van der Waals surface area contributed by atoms with Crippen LogP contribution in [-0.4, -0.2) is 37.7 Å². The molecule has 4 rings (SSSR count). The highest BCUT2D eigenvalue weighted by Crippen LogP contribution is 2.27. The first-order valence-corrected chi connectivity index (χ1v) is 8.39. The quantitative estimate of drug-likeness (QED) is 0.896. The normalized spacial score (nSPS) is 18.5. The Morgan fingerprint density at radius 3 is 2.92 bits per heavy atom. The highest BCUT2D eigenvalue weighted by atomic mass is 16.5. The summed E-state index contributed by atoms with van der Waals surface area (Å²) in [4.78, 5) is 25.8. The zero-order valence-corrected chi connectivity index (χ0v) is 13.7. The van der Waals surface area contributed by atoms with Crippen LogP contribution in [0.25, 0.3) is 0 Å². The third-order valence-corrected chi connectivity index (χ3v) is 4.48. The number of anilines is 1. The number of fused-ring (bicyclic) bond motifs is 1. The number of nitrogens with one attached hydrogen (secondary N) is 2. The summed E-state index contributed by atoms with van der Waals surface area (Å²) < 4.78 is 5.84. The molecule has 2 aliphatic heterocycles. The van der Waals surface area contributed by atoms with Gasteiger partial charge in [-0.25, -0.2) is 4.79 Å². The average molecular weight is 337 g/mol. The minimum absolute atomic E-state index is 0.0473. The summed E-state index contributed by atoms with van der Waals surface area (Å²) in [7, 11) is 0. The van der Waals surface area contributed by atoms with Crippen LogP contribution in [0.5, 0.6) is 5.75 Å². The van der Waals surface area contributed by atoms with Crippen LogP contribution >= 0.6 is 0 Å². The number of amides is 3. The molecule has 6 heteroatoms. The van der Waals surface area contributed by atoms with Crippen molar-refractivity contribution < 1.29 is 14.3 Å². The van der Waals surface area contributed by atoms with E-state index in [0.29, 0.717) is 25.2 Å². The lowest BCUT2D eigenvalue weighted by molar-refractivity contribution is 0.0933. The van der Waals surface area contributed by atoms with E-state index in [-0.39, 0.29) is 18.0 Å². The third kappa shape index (κ3) is 3.15. The van der Waals surface area contributed by atoms with E-state index in [2.05, 4.69) is 10.6 Å². The first-order chi connectivity index (χ1) is 12.2. The summed E-state index contributed by atoms with van der Waals surface area (Å²) in [6.45, 7) is 1.68. The number of hydrogen-bond acceptors (Lipinski definition) is 3. The number of nitrogens with zero attached hydrogens (tertiary/aromatic N) is 1. The van der Waals surface area contributed by atoms with Crippen molar-refractivity contribution in [2.24, 2.45) is 0 Å². The number of carbonyl (C=O) groups excluding carboxylic acids is 2. The van der Waals surface area contributed by atoms with Crippen LogP contribution in [0.15, 0.2) is 48.5 Å². The van der Waals surface area contributed by atoms with Crippen LogP contribution in [0, 0.1) is 0 Å². The van der Waals surface area contributed by atoms with Crippen molar-refractivity contribution >= 4 is 17.6 Å². The second kappa shape index (κ2) is 6.47. The summed E-state index contributed by atoms with van der Waals surface area (Å²) in [6.07, 6.45) is 0.749. The molecule has 1 atom stereocenters. The molecule has 0 bridgehead atoms. The second-order valence-electron chi connectivity index (χ2n) is 6.20. The minimum Gasteiger partial charge on any atom is -0.488 e. The van der Waals surface area contributed by atoms with E-state index in [9.17, 15) is 9.59 Å². The topological polar surface area (TPSA) is 70.7 Å². The highest BCUT2D eigenvalue weighted by molar-refractivity contribution is 5.98. The van der Waals surface area contributed by atoms with E-state index < -0.39 is 0 Å². The van der Waals surface area contributed by atoms with Gasteiger partial charge in [0, 0.05) is 30.8 Å². The zero-order valence-electron chi connectivity index (χ0n) is 13.7. The number of ether oxygens (including phenoxy) is 1. The van der Waals surface area contributed by atoms with Gasteiger partial charge in [0.05, 0.1) is 6.54 Å². The molecule has 1 saturated heterocycles. The minimum atomic E-state index is -0.166. The molecule has 0 radical (unpaired) electrons. The van der Waals surface area contributed by atoms with Gasteiger partial charge in [0.1, 0.15) is 11.9 Å². The van der Waals surface area contributed by atoms with Gasteiger partial charge >= 0.3 is 6.03 Å². The van der Waals surface area contributed by atoms with Crippen molar-refractivity contribution in [2.75, 3.05) is 24.5 Å². The standard InChI is InChI=1S/C19H19N3O3/c23-18(21-12-16-11-13-4-1-2-7-17(13)25-16)14-5-3-6-15(10-14)22-9-8-20-19(22)24/h1-7,10,16H,8-9,11-12H2,(H,20,24)(H,21,23). The van der Waals surface area contributed by atoms with E-state index in [1.807, 2.05) is 30.3 Å². The van der Waals surface area contributed by atoms with Crippen molar-refractivity contribution in [1.29, 1.82) is 0 Å². The molecule has 2 N–H and O–H groups in total. The molecule has 0 saturated carbocycles. The van der Waals surface area contributed by atoms with Crippen LogP contribution in [0.4, 0.5) is 10.5 Å². The lowest BCUT2D eigenvalue weighted by Crippen LogP contribution is -2.34. The van der Waals surface area contributed by atoms with Gasteiger partial charge in [-0.1, -0.05) is 24.3 Å². The Kier molecular flexibility index (Phi) is 4.01. The van der Waals surface area contributed by atoms with Crippen LogP contribution in [0.1, 0.15) is 15.9 Å². The van der Waals surface area contributed by atoms with E-state index in [0.717, 1.165) is 17.9 Å². The molecule has 2 heterocycles. The number of benzene rings is 2. The third-order valence-electron chi connectivity index (χ3n) is 4.48. The van der Waals surface area contributed by atoms with Crippen LogP contribution in [-0.2, 0) is 6.42 Å². The zero-order chi connectivity index (χ0) is 17.2. The summed E-state index contributed by atoms with van der Waals surface area (Å²) in [5, 5.41) is 5.68. The lowest BCUT2D eigenvalue weighted by Gasteiger charge is -2.16. The maximum atomic E-state index is 12.4. The molecular weight excluding hydrogens is 318 g/mol. The number of carbonyl (C=O) groups is 2. The summed E-state index contributed by atoms with van der Waals surface area (Å²) >= 11 is 0. The van der Waals surface area contributed by atoms with Crippen LogP contribution in [0.3, 0.4) is 0 Å². The van der Waals surface area contributed by atoms with Gasteiger partial charge in [-0.15, -0.1) is 0 Å². The van der Waals surface area contributed by atoms with Gasteiger partial charge in [-0.3, -0.25) is 9.69 Å². The highest BCUT2D eigenvalue weighted by Gasteiger charge is 2.24. The Hall–Kier alpha value is -3.02. The van der Waals surface area contributed by atoms with Crippen molar-refractivity contribution in [2.45, 2.75) is 12.5 Å². The van der Waals surface area contributed by atoms with E-state index in [1.165, 1.54) is 5.56 Å². The van der Waals surface area contributed by atoms with Crippen molar-refractivity contribution in [3.63, 3.8) is 0 Å². The molecule has 2 aliphatic rings. The Labute approximate surface area is 145 Å². The predicted octanol–water partition coefficient (Wildman–Crippen LogP) is 1.95. The fraction of sp³-hybridized carbons (Fsp3) is 0.263. The molecule has 2 aromatic rings. The number of hydrogen-bond donors (Lipinski definition) is 2. The fourth-order valence-corrected chi connectivity index (χ4v) is 3.21. The van der Waals surface area contributed by atoms with Crippen LogP contribution < -0.4 is 20.3 Å². The Balaban J connectivity index is 1.38. The second-order valence-corrected chi connectivity index (χ2v) is 6.20. The molecule has 2 aromatic carbocycles. The molecule has 1 unspecified atom stereocenters. The average Bonchev–Trinajstić information content (AvgIpc) is 3.25. The van der Waals surface area contributed by atoms with Crippen molar-refractivity contribution in [3.8, 4) is 5.75 Å². The first-order valence-electron chi connectivity index (χ1n) is 8.39. The van der Waals surface area contributed by atoms with Crippen molar-refractivity contribution in [3.05, 3.63) is 59.7 Å². The number of para-hydroxylation sites is 1. The van der Waals surface area contributed by atoms with Gasteiger partial charge in [-0.2, -0.15) is 0 Å². The number of urea groups is 1. The SMILES string of the molecule is O=C(NCC1Cc2ccccc2O1)c1cccc(N2CCNC2=O)c1. The van der Waals surface area contributed by atoms with Gasteiger partial charge in [0.25, 0.3) is 5.91 Å². The van der Waals surface area contributed by atoms with Gasteiger partial charge in [-0.05, 0) is 29.8 Å². The van der Waals surface area contributed by atoms with E-state index >= 15 is 0 Å². The molecule has 3 amide bonds. The fourth-order valence-electron chi connectivity index (χ4n) is 3.21. The summed E-state index contributed by atoms with van der Waals surface area (Å²) in [5.74, 6) is 0.727. The van der Waals surface area contributed by atoms with Gasteiger partial charge < -0.3 is 15.4 Å². The monoisotopic (exact) mass is 337 g/mol. The van der Waals surface area contributed by atoms with Crippen LogP contribution in [0.2, 0.25) is 0 Å². The molecule has 128 valence electrons. The van der Waals surface area contributed by atoms with Gasteiger partial charge in [0.15, 0.2) is 0 Å². The summed E-state index contributed by atoms with van der Waals surface area (Å²) in [6, 6.07) is 14.9. The maximum absolute atomic E-state index is 12.4. The van der Waals surface area contributed by atoms with E-state index in [4.69, 9.17) is 4.74 Å². The maximum Gasteiger partial charge on any atom is 0.321 e. The lowest BCUT2D eigenvalue weighted by atomic mass is 10.1. The predicted molar refractivity (Wildman–Crippen MR) is 94.1 cm³/mol. The molecule has 25 heavy (non-hydrogen) atoms. The Bertz CT molecular complexity index is 796. The van der Waals surface area contributed by atoms with Crippen molar-refractivity contribution in [1.82, 2.24) is 10.6 Å². The molecule has 0 aromatic heterocycles. The molecule has 0 spiro atoms. The summed E-state index contributed by atoms with van der Waals surface area (Å²) in [5.41, 5.74) is 2.43. The molecule has 1 fully saturated rings.